The van der Waals surface area contributed by atoms with Gasteiger partial charge in [-0.15, -0.1) is 0 Å². The van der Waals surface area contributed by atoms with Crippen molar-refractivity contribution in [2.24, 2.45) is 0 Å². The van der Waals surface area contributed by atoms with Crippen LogP contribution in [0.3, 0.4) is 0 Å². The van der Waals surface area contributed by atoms with Crippen LogP contribution in [-0.4, -0.2) is 22.0 Å². The summed E-state index contributed by atoms with van der Waals surface area (Å²) in [5.41, 5.74) is 4.73. The first-order chi connectivity index (χ1) is 12.7. The number of carbonyl (C=O) groups is 2. The molecule has 1 heterocycles. The summed E-state index contributed by atoms with van der Waals surface area (Å²) in [5.74, 6) is -0.807. The van der Waals surface area contributed by atoms with E-state index in [-0.39, 0.29) is 16.4 Å². The number of thiocarbonyl (C=S) groups is 1. The number of rotatable bonds is 2. The molecule has 6 heteroatoms. The highest BCUT2D eigenvalue weighted by Crippen LogP contribution is 2.27. The molecule has 3 rings (SSSR count). The molecule has 1 fully saturated rings. The smallest absolute Gasteiger partial charge is 0.270 e. The fourth-order valence-corrected chi connectivity index (χ4v) is 3.28. The Hall–Kier alpha value is -2.99. The number of hydrogen-bond acceptors (Lipinski definition) is 4. The Balaban J connectivity index is 2.06. The van der Waals surface area contributed by atoms with Crippen LogP contribution in [0.1, 0.15) is 27.8 Å². The van der Waals surface area contributed by atoms with Gasteiger partial charge in [-0.1, -0.05) is 6.07 Å². The predicted molar refractivity (Wildman–Crippen MR) is 110 cm³/mol. The van der Waals surface area contributed by atoms with Crippen LogP contribution < -0.4 is 10.2 Å². The molecule has 0 aliphatic carbocycles. The third kappa shape index (κ3) is 3.48. The predicted octanol–water partition coefficient (Wildman–Crippen LogP) is 3.46. The third-order valence-corrected chi connectivity index (χ3v) is 4.96. The maximum atomic E-state index is 13.0. The van der Waals surface area contributed by atoms with Crippen LogP contribution in [-0.2, 0) is 9.59 Å². The first-order valence-corrected chi connectivity index (χ1v) is 8.89. The summed E-state index contributed by atoms with van der Waals surface area (Å²) in [6, 6.07) is 9.03. The third-order valence-electron chi connectivity index (χ3n) is 4.67. The molecule has 2 aromatic carbocycles. The lowest BCUT2D eigenvalue weighted by atomic mass is 10.0. The van der Waals surface area contributed by atoms with E-state index in [0.29, 0.717) is 22.4 Å². The summed E-state index contributed by atoms with van der Waals surface area (Å²) < 4.78 is 0. The number of hydrogen-bond donors (Lipinski definition) is 2. The molecule has 5 nitrogen and oxygen atoms in total. The van der Waals surface area contributed by atoms with E-state index in [2.05, 4.69) is 5.32 Å². The fourth-order valence-electron chi connectivity index (χ4n) is 3.00. The molecule has 2 N–H and O–H groups in total. The number of benzene rings is 2. The molecule has 0 atom stereocenters. The van der Waals surface area contributed by atoms with Gasteiger partial charge in [0, 0.05) is 0 Å². The standard InChI is InChI=1S/C21H20N2O3S/c1-11-5-6-16(9-12(11)2)23-20(26)17(19(25)22-21(23)27)10-15-7-13(3)18(24)14(4)8-15/h5-10,24H,1-4H3,(H,22,25,27). The molecule has 0 unspecified atom stereocenters. The number of aryl methyl sites for hydroxylation is 4. The molecule has 2 amide bonds. The zero-order valence-corrected chi connectivity index (χ0v) is 16.4. The van der Waals surface area contributed by atoms with E-state index in [1.54, 1.807) is 32.0 Å². The van der Waals surface area contributed by atoms with Gasteiger partial charge in [0.2, 0.25) is 0 Å². The van der Waals surface area contributed by atoms with Crippen LogP contribution in [0.25, 0.3) is 6.08 Å². The number of anilines is 1. The molecule has 2 aromatic rings. The number of nitrogens with zero attached hydrogens (tertiary/aromatic N) is 1. The number of carbonyl (C=O) groups excluding carboxylic acids is 2. The molecular weight excluding hydrogens is 360 g/mol. The molecule has 1 saturated heterocycles. The highest BCUT2D eigenvalue weighted by Gasteiger charge is 2.34. The second kappa shape index (κ2) is 6.96. The molecule has 0 bridgehead atoms. The number of nitrogens with one attached hydrogen (secondary N) is 1. The molecule has 1 aliphatic rings. The quantitative estimate of drug-likeness (QED) is 0.476. The Morgan fingerprint density at radius 1 is 0.963 bits per heavy atom. The van der Waals surface area contributed by atoms with Gasteiger partial charge in [0.25, 0.3) is 11.8 Å². The summed E-state index contributed by atoms with van der Waals surface area (Å²) >= 11 is 5.23. The summed E-state index contributed by atoms with van der Waals surface area (Å²) in [6.07, 6.45) is 1.52. The Bertz CT molecular complexity index is 1000. The first-order valence-electron chi connectivity index (χ1n) is 8.48. The van der Waals surface area contributed by atoms with Crippen molar-refractivity contribution < 1.29 is 14.7 Å². The van der Waals surface area contributed by atoms with Crippen LogP contribution in [0.4, 0.5) is 5.69 Å². The zero-order chi connectivity index (χ0) is 19.9. The van der Waals surface area contributed by atoms with Crippen molar-refractivity contribution in [1.82, 2.24) is 5.32 Å². The average molecular weight is 380 g/mol. The minimum Gasteiger partial charge on any atom is -0.507 e. The summed E-state index contributed by atoms with van der Waals surface area (Å²) in [7, 11) is 0. The molecule has 1 aliphatic heterocycles. The summed E-state index contributed by atoms with van der Waals surface area (Å²) in [6.45, 7) is 7.47. The van der Waals surface area contributed by atoms with Gasteiger partial charge in [-0.2, -0.15) is 0 Å². The van der Waals surface area contributed by atoms with E-state index >= 15 is 0 Å². The van der Waals surface area contributed by atoms with Crippen molar-refractivity contribution in [3.05, 3.63) is 63.7 Å². The minimum atomic E-state index is -0.534. The monoisotopic (exact) mass is 380 g/mol. The highest BCUT2D eigenvalue weighted by atomic mass is 32.1. The van der Waals surface area contributed by atoms with Crippen molar-refractivity contribution in [2.45, 2.75) is 27.7 Å². The minimum absolute atomic E-state index is 0.00804. The molecule has 138 valence electrons. The van der Waals surface area contributed by atoms with E-state index in [0.717, 1.165) is 11.1 Å². The lowest BCUT2D eigenvalue weighted by Gasteiger charge is -2.29. The Morgan fingerprint density at radius 2 is 1.59 bits per heavy atom. The largest absolute Gasteiger partial charge is 0.507 e. The maximum absolute atomic E-state index is 13.0. The van der Waals surface area contributed by atoms with E-state index in [1.165, 1.54) is 11.0 Å². The van der Waals surface area contributed by atoms with Gasteiger partial charge in [-0.25, -0.2) is 0 Å². The van der Waals surface area contributed by atoms with E-state index in [4.69, 9.17) is 12.2 Å². The van der Waals surface area contributed by atoms with Gasteiger partial charge in [0.15, 0.2) is 5.11 Å². The Labute approximate surface area is 163 Å². The van der Waals surface area contributed by atoms with E-state index in [9.17, 15) is 14.7 Å². The van der Waals surface area contributed by atoms with Gasteiger partial charge < -0.3 is 5.11 Å². The average Bonchev–Trinajstić information content (AvgIpc) is 2.59. The van der Waals surface area contributed by atoms with Gasteiger partial charge >= 0.3 is 0 Å². The van der Waals surface area contributed by atoms with Gasteiger partial charge in [-0.3, -0.25) is 19.8 Å². The normalized spacial score (nSPS) is 16.1. The lowest BCUT2D eigenvalue weighted by Crippen LogP contribution is -2.54. The zero-order valence-electron chi connectivity index (χ0n) is 15.6. The summed E-state index contributed by atoms with van der Waals surface area (Å²) in [5, 5.41) is 12.6. The Kier molecular flexibility index (Phi) is 4.85. The van der Waals surface area contributed by atoms with Crippen molar-refractivity contribution in [3.63, 3.8) is 0 Å². The van der Waals surface area contributed by atoms with Gasteiger partial charge in [-0.05, 0) is 98.1 Å². The van der Waals surface area contributed by atoms with Gasteiger partial charge in [0.1, 0.15) is 11.3 Å². The lowest BCUT2D eigenvalue weighted by molar-refractivity contribution is -0.122. The number of aromatic hydroxyl groups is 1. The van der Waals surface area contributed by atoms with Crippen LogP contribution in [0.2, 0.25) is 0 Å². The number of phenolic OH excluding ortho intramolecular Hbond substituents is 1. The maximum Gasteiger partial charge on any atom is 0.270 e. The summed E-state index contributed by atoms with van der Waals surface area (Å²) in [4.78, 5) is 26.8. The molecule has 0 spiro atoms. The topological polar surface area (TPSA) is 69.6 Å². The van der Waals surface area contributed by atoms with Crippen LogP contribution in [0.5, 0.6) is 5.75 Å². The molecular formula is C21H20N2O3S. The second-order valence-corrected chi connectivity index (χ2v) is 7.12. The second-order valence-electron chi connectivity index (χ2n) is 6.73. The molecule has 0 radical (unpaired) electrons. The van der Waals surface area contributed by atoms with Crippen molar-refractivity contribution in [1.29, 1.82) is 0 Å². The molecule has 0 aromatic heterocycles. The van der Waals surface area contributed by atoms with Gasteiger partial charge in [0.05, 0.1) is 5.69 Å². The number of phenols is 1. The number of amides is 2. The van der Waals surface area contributed by atoms with Crippen molar-refractivity contribution in [3.8, 4) is 5.75 Å². The first kappa shape index (κ1) is 18.8. The van der Waals surface area contributed by atoms with E-state index in [1.807, 2.05) is 26.0 Å². The van der Waals surface area contributed by atoms with Crippen molar-refractivity contribution >= 4 is 40.9 Å². The highest BCUT2D eigenvalue weighted by molar-refractivity contribution is 7.80. The van der Waals surface area contributed by atoms with Crippen LogP contribution in [0, 0.1) is 27.7 Å². The molecule has 0 saturated carbocycles. The SMILES string of the molecule is Cc1ccc(N2C(=O)C(=Cc3cc(C)c(O)c(C)c3)C(=O)NC2=S)cc1C. The van der Waals surface area contributed by atoms with E-state index < -0.39 is 11.8 Å². The Morgan fingerprint density at radius 3 is 2.19 bits per heavy atom. The van der Waals surface area contributed by atoms with Crippen LogP contribution >= 0.6 is 12.2 Å². The molecule has 27 heavy (non-hydrogen) atoms. The van der Waals surface area contributed by atoms with Crippen molar-refractivity contribution in [2.75, 3.05) is 4.90 Å². The van der Waals surface area contributed by atoms with Crippen LogP contribution in [0.15, 0.2) is 35.9 Å². The fraction of sp³-hybridized carbons (Fsp3) is 0.190.